The fraction of sp³-hybridized carbons (Fsp3) is 0.0667. The van der Waals surface area contributed by atoms with E-state index < -0.39 is 18.0 Å². The molecule has 2 aromatic carbocycles. The minimum absolute atomic E-state index is 0.248. The third-order valence-electron chi connectivity index (χ3n) is 3.07. The molecule has 1 unspecified atom stereocenters. The van der Waals surface area contributed by atoms with Crippen LogP contribution in [0.4, 0.5) is 14.5 Å². The molecule has 21 heavy (non-hydrogen) atoms. The van der Waals surface area contributed by atoms with Gasteiger partial charge in [-0.25, -0.2) is 13.8 Å². The van der Waals surface area contributed by atoms with Crippen molar-refractivity contribution in [3.05, 3.63) is 64.4 Å². The van der Waals surface area contributed by atoms with Gasteiger partial charge in [0.2, 0.25) is 0 Å². The van der Waals surface area contributed by atoms with Gasteiger partial charge >= 0.3 is 0 Å². The zero-order chi connectivity index (χ0) is 15.0. The minimum atomic E-state index is -2.03. The number of rotatable bonds is 1. The van der Waals surface area contributed by atoms with E-state index in [0.29, 0.717) is 21.8 Å². The van der Waals surface area contributed by atoms with E-state index >= 15 is 0 Å². The average molecular weight is 307 g/mol. The Bertz CT molecular complexity index is 744. The number of fused-ring (bicyclic) bond motifs is 1. The number of anilines is 1. The molecule has 1 amide bonds. The van der Waals surface area contributed by atoms with Gasteiger partial charge < -0.3 is 5.32 Å². The van der Waals surface area contributed by atoms with Gasteiger partial charge in [-0.3, -0.25) is 4.79 Å². The van der Waals surface area contributed by atoms with E-state index in [2.05, 4.69) is 10.3 Å². The lowest BCUT2D eigenvalue weighted by Crippen LogP contribution is -2.21. The first-order valence-electron chi connectivity index (χ1n) is 6.13. The van der Waals surface area contributed by atoms with Gasteiger partial charge in [0.25, 0.3) is 12.2 Å². The van der Waals surface area contributed by atoms with Gasteiger partial charge in [-0.05, 0) is 42.5 Å². The number of nitrogens with one attached hydrogen (secondary N) is 1. The largest absolute Gasteiger partial charge is 0.321 e. The molecule has 0 radical (unpaired) electrons. The highest BCUT2D eigenvalue weighted by molar-refractivity contribution is 6.32. The van der Waals surface area contributed by atoms with Crippen molar-refractivity contribution in [3.63, 3.8) is 0 Å². The first kappa shape index (κ1) is 13.7. The summed E-state index contributed by atoms with van der Waals surface area (Å²) < 4.78 is 26.8. The lowest BCUT2D eigenvalue weighted by atomic mass is 10.0. The molecule has 0 bridgehead atoms. The zero-order valence-electron chi connectivity index (χ0n) is 10.6. The van der Waals surface area contributed by atoms with Crippen LogP contribution in [0.5, 0.6) is 0 Å². The van der Waals surface area contributed by atoms with Gasteiger partial charge in [0.05, 0.1) is 11.4 Å². The van der Waals surface area contributed by atoms with Crippen molar-refractivity contribution in [2.75, 3.05) is 5.32 Å². The van der Waals surface area contributed by atoms with E-state index in [1.807, 2.05) is 0 Å². The van der Waals surface area contributed by atoms with Gasteiger partial charge in [-0.15, -0.1) is 0 Å². The summed E-state index contributed by atoms with van der Waals surface area (Å²) in [7, 11) is 0. The summed E-state index contributed by atoms with van der Waals surface area (Å²) in [4.78, 5) is 15.4. The molecule has 0 spiro atoms. The zero-order valence-corrected chi connectivity index (χ0v) is 11.4. The maximum atomic E-state index is 13.8. The molecule has 2 aromatic rings. The number of nitrogens with zero attached hydrogens (tertiary/aromatic N) is 1. The third kappa shape index (κ3) is 2.64. The number of carbonyl (C=O) groups excluding carboxylic acids is 1. The van der Waals surface area contributed by atoms with Crippen LogP contribution in [-0.2, 0) is 4.79 Å². The quantitative estimate of drug-likeness (QED) is 0.804. The molecule has 1 atom stereocenters. The predicted octanol–water partition coefficient (Wildman–Crippen LogP) is 3.56. The number of aliphatic imine (C=N–C) groups is 1. The van der Waals surface area contributed by atoms with Gasteiger partial charge in [0, 0.05) is 16.1 Å². The second kappa shape index (κ2) is 5.26. The Hall–Kier alpha value is -2.27. The van der Waals surface area contributed by atoms with E-state index in [0.717, 1.165) is 0 Å². The summed E-state index contributed by atoms with van der Waals surface area (Å²) >= 11 is 5.96. The molecule has 0 saturated carbocycles. The molecule has 0 aliphatic carbocycles. The van der Waals surface area contributed by atoms with E-state index in [4.69, 9.17) is 11.6 Å². The first-order chi connectivity index (χ1) is 10.0. The average Bonchev–Trinajstić information content (AvgIpc) is 2.58. The van der Waals surface area contributed by atoms with Gasteiger partial charge in [-0.2, -0.15) is 0 Å². The van der Waals surface area contributed by atoms with Gasteiger partial charge in [0.1, 0.15) is 5.82 Å². The van der Waals surface area contributed by atoms with Crippen LogP contribution in [0.1, 0.15) is 11.1 Å². The monoisotopic (exact) mass is 306 g/mol. The SMILES string of the molecule is O=C1Nc2ccc(Cl)cc2C(c2ccc(F)cc2)=NC1F. The number of benzodiazepines with no additional fused rings is 1. The number of benzene rings is 2. The lowest BCUT2D eigenvalue weighted by Gasteiger charge is -2.10. The van der Waals surface area contributed by atoms with E-state index in [1.165, 1.54) is 24.3 Å². The lowest BCUT2D eigenvalue weighted by molar-refractivity contribution is -0.120. The maximum absolute atomic E-state index is 13.8. The van der Waals surface area contributed by atoms with Crippen LogP contribution in [0.3, 0.4) is 0 Å². The van der Waals surface area contributed by atoms with Crippen molar-refractivity contribution in [3.8, 4) is 0 Å². The van der Waals surface area contributed by atoms with E-state index in [-0.39, 0.29) is 5.71 Å². The molecule has 3 nitrogen and oxygen atoms in total. The fourth-order valence-corrected chi connectivity index (χ4v) is 2.27. The Morgan fingerprint density at radius 2 is 1.86 bits per heavy atom. The molecule has 1 aliphatic heterocycles. The third-order valence-corrected chi connectivity index (χ3v) is 3.31. The van der Waals surface area contributed by atoms with Crippen LogP contribution >= 0.6 is 11.6 Å². The Kier molecular flexibility index (Phi) is 3.43. The second-order valence-corrected chi connectivity index (χ2v) is 4.94. The fourth-order valence-electron chi connectivity index (χ4n) is 2.09. The van der Waals surface area contributed by atoms with Gasteiger partial charge in [-0.1, -0.05) is 11.6 Å². The standard InChI is InChI=1S/C15H9ClF2N2O/c16-9-3-6-12-11(7-9)13(20-14(18)15(21)19-12)8-1-4-10(17)5-2-8/h1-7,14H,(H,19,21). The maximum Gasteiger partial charge on any atom is 0.281 e. The number of halogens is 3. The van der Waals surface area contributed by atoms with Crippen LogP contribution in [0.2, 0.25) is 5.02 Å². The molecular weight excluding hydrogens is 298 g/mol. The van der Waals surface area contributed by atoms with Crippen molar-refractivity contribution in [1.82, 2.24) is 0 Å². The van der Waals surface area contributed by atoms with Crippen LogP contribution in [-0.4, -0.2) is 17.9 Å². The van der Waals surface area contributed by atoms with Crippen molar-refractivity contribution in [1.29, 1.82) is 0 Å². The summed E-state index contributed by atoms with van der Waals surface area (Å²) in [5.41, 5.74) is 1.65. The van der Waals surface area contributed by atoms with Crippen molar-refractivity contribution in [2.24, 2.45) is 4.99 Å². The number of hydrogen-bond acceptors (Lipinski definition) is 2. The predicted molar refractivity (Wildman–Crippen MR) is 77.0 cm³/mol. The van der Waals surface area contributed by atoms with E-state index in [1.54, 1.807) is 18.2 Å². The Morgan fingerprint density at radius 1 is 1.14 bits per heavy atom. The number of carbonyl (C=O) groups is 1. The molecule has 6 heteroatoms. The summed E-state index contributed by atoms with van der Waals surface area (Å²) in [6, 6.07) is 10.2. The number of alkyl halides is 1. The molecule has 1 heterocycles. The van der Waals surface area contributed by atoms with Gasteiger partial charge in [0.15, 0.2) is 0 Å². The molecule has 1 N–H and O–H groups in total. The van der Waals surface area contributed by atoms with Crippen LogP contribution in [0, 0.1) is 5.82 Å². The van der Waals surface area contributed by atoms with E-state index in [9.17, 15) is 13.6 Å². The second-order valence-electron chi connectivity index (χ2n) is 4.50. The summed E-state index contributed by atoms with van der Waals surface area (Å²) in [5, 5.41) is 2.88. The molecular formula is C15H9ClF2N2O. The summed E-state index contributed by atoms with van der Waals surface area (Å²) in [6.45, 7) is 0. The highest BCUT2D eigenvalue weighted by Gasteiger charge is 2.25. The molecule has 3 rings (SSSR count). The van der Waals surface area contributed by atoms with Crippen LogP contribution in [0.15, 0.2) is 47.5 Å². The molecule has 106 valence electrons. The Morgan fingerprint density at radius 3 is 2.57 bits per heavy atom. The van der Waals surface area contributed by atoms with Crippen molar-refractivity contribution >= 4 is 28.9 Å². The molecule has 0 aromatic heterocycles. The smallest absolute Gasteiger partial charge is 0.281 e. The number of hydrogen-bond donors (Lipinski definition) is 1. The summed E-state index contributed by atoms with van der Waals surface area (Å²) in [5.74, 6) is -1.26. The van der Waals surface area contributed by atoms with Crippen molar-refractivity contribution < 1.29 is 13.6 Å². The Balaban J connectivity index is 2.21. The Labute approximate surface area is 124 Å². The number of amides is 1. The van der Waals surface area contributed by atoms with Crippen LogP contribution in [0.25, 0.3) is 0 Å². The molecule has 0 saturated heterocycles. The molecule has 1 aliphatic rings. The highest BCUT2D eigenvalue weighted by atomic mass is 35.5. The minimum Gasteiger partial charge on any atom is -0.321 e. The van der Waals surface area contributed by atoms with Crippen molar-refractivity contribution in [2.45, 2.75) is 6.30 Å². The highest BCUT2D eigenvalue weighted by Crippen LogP contribution is 2.27. The summed E-state index contributed by atoms with van der Waals surface area (Å²) in [6.07, 6.45) is -2.03. The first-order valence-corrected chi connectivity index (χ1v) is 6.51. The molecule has 0 fully saturated rings. The topological polar surface area (TPSA) is 41.5 Å². The van der Waals surface area contributed by atoms with Crippen LogP contribution < -0.4 is 5.32 Å². The normalized spacial score (nSPS) is 17.6.